The lowest BCUT2D eigenvalue weighted by Crippen LogP contribution is -2.15. The minimum Gasteiger partial charge on any atom is -0.323 e. The lowest BCUT2D eigenvalue weighted by molar-refractivity contribution is -0.113. The van der Waals surface area contributed by atoms with Crippen molar-refractivity contribution in [1.82, 2.24) is 14.4 Å². The van der Waals surface area contributed by atoms with Crippen LogP contribution in [0.3, 0.4) is 0 Å². The summed E-state index contributed by atoms with van der Waals surface area (Å²) in [5, 5.41) is 3.99. The second-order valence-corrected chi connectivity index (χ2v) is 7.57. The van der Waals surface area contributed by atoms with Crippen molar-refractivity contribution in [3.8, 4) is 0 Å². The molecule has 1 N–H and O–H groups in total. The number of para-hydroxylation sites is 3. The number of imidazole rings is 1. The number of rotatable bonds is 4. The van der Waals surface area contributed by atoms with Crippen LogP contribution in [0.2, 0.25) is 0 Å². The maximum Gasteiger partial charge on any atom is 0.234 e. The Kier molecular flexibility index (Phi) is 4.55. The van der Waals surface area contributed by atoms with Gasteiger partial charge in [0.1, 0.15) is 17.3 Å². The topological polar surface area (TPSA) is 59.3 Å². The molecule has 0 aliphatic carbocycles. The highest BCUT2D eigenvalue weighted by atomic mass is 32.2. The van der Waals surface area contributed by atoms with Gasteiger partial charge in [0.2, 0.25) is 5.91 Å². The van der Waals surface area contributed by atoms with Crippen LogP contribution in [0.25, 0.3) is 27.6 Å². The third-order valence-electron chi connectivity index (χ3n) is 4.65. The first-order chi connectivity index (χ1) is 14.6. The van der Waals surface area contributed by atoms with Gasteiger partial charge in [-0.3, -0.25) is 9.20 Å². The van der Waals surface area contributed by atoms with Crippen molar-refractivity contribution in [2.45, 2.75) is 5.16 Å². The number of amides is 1. The fourth-order valence-electron chi connectivity index (χ4n) is 3.32. The van der Waals surface area contributed by atoms with Crippen LogP contribution in [0, 0.1) is 11.6 Å². The van der Waals surface area contributed by atoms with Gasteiger partial charge in [-0.15, -0.1) is 0 Å². The third kappa shape index (κ3) is 3.25. The number of benzene rings is 3. The Balaban J connectivity index is 1.51. The first-order valence-electron chi connectivity index (χ1n) is 9.14. The average molecular weight is 420 g/mol. The Morgan fingerprint density at radius 3 is 2.57 bits per heavy atom. The summed E-state index contributed by atoms with van der Waals surface area (Å²) in [7, 11) is 0. The Morgan fingerprint density at radius 1 is 0.967 bits per heavy atom. The van der Waals surface area contributed by atoms with Crippen LogP contribution in [0.15, 0.2) is 71.9 Å². The summed E-state index contributed by atoms with van der Waals surface area (Å²) in [6.07, 6.45) is 0. The molecule has 8 heteroatoms. The quantitative estimate of drug-likeness (QED) is 0.327. The molecule has 0 saturated carbocycles. The van der Waals surface area contributed by atoms with E-state index in [4.69, 9.17) is 9.97 Å². The van der Waals surface area contributed by atoms with Crippen molar-refractivity contribution in [1.29, 1.82) is 0 Å². The molecular weight excluding hydrogens is 406 g/mol. The maximum atomic E-state index is 13.8. The van der Waals surface area contributed by atoms with Crippen molar-refractivity contribution in [3.05, 3.63) is 78.4 Å². The highest BCUT2D eigenvalue weighted by Crippen LogP contribution is 2.29. The number of nitrogens with one attached hydrogen (secondary N) is 1. The number of carbonyl (C=O) groups excluding carboxylic acids is 1. The third-order valence-corrected chi connectivity index (χ3v) is 5.59. The smallest absolute Gasteiger partial charge is 0.234 e. The fraction of sp³-hybridized carbons (Fsp3) is 0.0455. The molecule has 30 heavy (non-hydrogen) atoms. The number of thioether (sulfide) groups is 1. The van der Waals surface area contributed by atoms with Crippen molar-refractivity contribution >= 4 is 50.9 Å². The van der Waals surface area contributed by atoms with Crippen LogP contribution in [0.1, 0.15) is 0 Å². The zero-order valence-corrected chi connectivity index (χ0v) is 16.3. The van der Waals surface area contributed by atoms with Gasteiger partial charge in [-0.05, 0) is 36.4 Å². The molecule has 0 atom stereocenters. The summed E-state index contributed by atoms with van der Waals surface area (Å²) in [6, 6.07) is 18.4. The van der Waals surface area contributed by atoms with E-state index in [0.717, 1.165) is 39.7 Å². The zero-order valence-electron chi connectivity index (χ0n) is 15.5. The minimum absolute atomic E-state index is 0.00373. The largest absolute Gasteiger partial charge is 0.323 e. The van der Waals surface area contributed by atoms with E-state index in [1.54, 1.807) is 0 Å². The summed E-state index contributed by atoms with van der Waals surface area (Å²) >= 11 is 1.22. The summed E-state index contributed by atoms with van der Waals surface area (Å²) in [6.45, 7) is 0. The van der Waals surface area contributed by atoms with Crippen LogP contribution < -0.4 is 5.32 Å². The van der Waals surface area contributed by atoms with E-state index >= 15 is 0 Å². The summed E-state index contributed by atoms with van der Waals surface area (Å²) in [4.78, 5) is 21.8. The second-order valence-electron chi connectivity index (χ2n) is 6.63. The van der Waals surface area contributed by atoms with Crippen LogP contribution in [-0.2, 0) is 4.79 Å². The second kappa shape index (κ2) is 7.38. The highest BCUT2D eigenvalue weighted by Gasteiger charge is 2.16. The standard InChI is InChI=1S/C22H14F2N4OS/c23-13-9-10-17(15(24)11-13)25-20(29)12-30-22-27-16-6-2-1-5-14(16)21-26-18-7-3-4-8-19(18)28(21)22/h1-11H,12H2,(H,25,29). The number of hydrogen-bond donors (Lipinski definition) is 1. The average Bonchev–Trinajstić information content (AvgIpc) is 3.14. The molecular formula is C22H14F2N4OS. The van der Waals surface area contributed by atoms with Crippen molar-refractivity contribution < 1.29 is 13.6 Å². The van der Waals surface area contributed by atoms with Crippen molar-refractivity contribution in [3.63, 3.8) is 0 Å². The van der Waals surface area contributed by atoms with Gasteiger partial charge in [-0.1, -0.05) is 36.0 Å². The van der Waals surface area contributed by atoms with Gasteiger partial charge in [-0.25, -0.2) is 18.7 Å². The number of carbonyl (C=O) groups is 1. The van der Waals surface area contributed by atoms with E-state index in [0.29, 0.717) is 5.16 Å². The molecule has 2 aromatic heterocycles. The molecule has 0 unspecified atom stereocenters. The van der Waals surface area contributed by atoms with Gasteiger partial charge < -0.3 is 5.32 Å². The Labute approximate surface area is 173 Å². The Bertz CT molecular complexity index is 1430. The predicted octanol–water partition coefficient (Wildman–Crippen LogP) is 5.04. The summed E-state index contributed by atoms with van der Waals surface area (Å²) in [5.41, 5.74) is 3.18. The molecule has 0 bridgehead atoms. The summed E-state index contributed by atoms with van der Waals surface area (Å²) < 4.78 is 28.8. The van der Waals surface area contributed by atoms with Gasteiger partial charge in [-0.2, -0.15) is 0 Å². The summed E-state index contributed by atoms with van der Waals surface area (Å²) in [5.74, 6) is -1.93. The van der Waals surface area contributed by atoms with E-state index in [1.807, 2.05) is 52.9 Å². The maximum absolute atomic E-state index is 13.8. The number of anilines is 1. The van der Waals surface area contributed by atoms with E-state index in [-0.39, 0.29) is 11.4 Å². The van der Waals surface area contributed by atoms with Crippen molar-refractivity contribution in [2.24, 2.45) is 0 Å². The lowest BCUT2D eigenvalue weighted by atomic mass is 10.2. The molecule has 5 nitrogen and oxygen atoms in total. The molecule has 0 saturated heterocycles. The molecule has 0 aliphatic rings. The van der Waals surface area contributed by atoms with Gasteiger partial charge in [0, 0.05) is 11.5 Å². The molecule has 148 valence electrons. The highest BCUT2D eigenvalue weighted by molar-refractivity contribution is 7.99. The molecule has 0 radical (unpaired) electrons. The monoisotopic (exact) mass is 420 g/mol. The number of fused-ring (bicyclic) bond motifs is 5. The molecule has 0 fully saturated rings. The van der Waals surface area contributed by atoms with Gasteiger partial charge in [0.15, 0.2) is 5.16 Å². The SMILES string of the molecule is O=C(CSc1nc2ccccc2c2nc3ccccc3n12)Nc1ccc(F)cc1F. The van der Waals surface area contributed by atoms with E-state index in [9.17, 15) is 13.6 Å². The normalized spacial score (nSPS) is 11.4. The molecule has 3 aromatic carbocycles. The number of aromatic nitrogens is 3. The van der Waals surface area contributed by atoms with E-state index in [2.05, 4.69) is 5.32 Å². The zero-order chi connectivity index (χ0) is 20.7. The van der Waals surface area contributed by atoms with Crippen LogP contribution in [-0.4, -0.2) is 26.0 Å². The minimum atomic E-state index is -0.819. The fourth-order valence-corrected chi connectivity index (χ4v) is 4.13. The van der Waals surface area contributed by atoms with Gasteiger partial charge >= 0.3 is 0 Å². The Morgan fingerprint density at radius 2 is 1.73 bits per heavy atom. The van der Waals surface area contributed by atoms with Crippen molar-refractivity contribution in [2.75, 3.05) is 11.1 Å². The Hall–Kier alpha value is -3.52. The van der Waals surface area contributed by atoms with Crippen LogP contribution >= 0.6 is 11.8 Å². The molecule has 2 heterocycles. The molecule has 1 amide bonds. The molecule has 0 spiro atoms. The first-order valence-corrected chi connectivity index (χ1v) is 10.1. The number of nitrogens with zero attached hydrogens (tertiary/aromatic N) is 3. The first kappa shape index (κ1) is 18.5. The van der Waals surface area contributed by atoms with E-state index in [1.165, 1.54) is 17.8 Å². The number of halogens is 2. The van der Waals surface area contributed by atoms with Gasteiger partial charge in [0.25, 0.3) is 0 Å². The predicted molar refractivity (Wildman–Crippen MR) is 114 cm³/mol. The van der Waals surface area contributed by atoms with Gasteiger partial charge in [0.05, 0.1) is 28.0 Å². The lowest BCUT2D eigenvalue weighted by Gasteiger charge is -2.09. The van der Waals surface area contributed by atoms with E-state index < -0.39 is 17.5 Å². The van der Waals surface area contributed by atoms with Crippen LogP contribution in [0.5, 0.6) is 0 Å². The molecule has 0 aliphatic heterocycles. The molecule has 5 aromatic rings. The van der Waals surface area contributed by atoms with Crippen LogP contribution in [0.4, 0.5) is 14.5 Å². The number of hydrogen-bond acceptors (Lipinski definition) is 4. The molecule has 5 rings (SSSR count).